The molecule has 0 saturated carbocycles. The van der Waals surface area contributed by atoms with Crippen LogP contribution in [0.25, 0.3) is 0 Å². The second-order valence-corrected chi connectivity index (χ2v) is 3.04. The van der Waals surface area contributed by atoms with E-state index in [0.29, 0.717) is 0 Å². The Kier molecular flexibility index (Phi) is 1.73. The summed E-state index contributed by atoms with van der Waals surface area (Å²) in [5.41, 5.74) is 0.204. The lowest BCUT2D eigenvalue weighted by molar-refractivity contribution is 0.449. The molecule has 0 aliphatic heterocycles. The van der Waals surface area contributed by atoms with Gasteiger partial charge in [0.1, 0.15) is 11.5 Å². The van der Waals surface area contributed by atoms with E-state index in [1.807, 2.05) is 0 Å². The number of phenolic OH excluding ortho intramolecular Hbond substituents is 2. The van der Waals surface area contributed by atoms with Crippen molar-refractivity contribution in [3.8, 4) is 11.5 Å². The van der Waals surface area contributed by atoms with Crippen molar-refractivity contribution in [2.75, 3.05) is 0 Å². The van der Waals surface area contributed by atoms with E-state index in [-0.39, 0.29) is 23.5 Å². The SMILES string of the molecule is [2H]/C(=C/Cc1cc(O)cc(O)c1)C([2H])([2H])C([2H])([2H])C([2H])([2H])C([2H])([2H])C([2H])([2H])C([2H])([2H])[2H]. The van der Waals surface area contributed by atoms with E-state index in [4.69, 9.17) is 19.2 Å². The molecule has 0 radical (unpaired) electrons. The fraction of sp³-hybridized carbons (Fsp3) is 0.467. The number of benzene rings is 1. The molecule has 0 spiro atoms. The molecule has 2 nitrogen and oxygen atoms in total. The van der Waals surface area contributed by atoms with Crippen LogP contribution >= 0.6 is 0 Å². The van der Waals surface area contributed by atoms with Crippen molar-refractivity contribution < 1.29 is 29.4 Å². The van der Waals surface area contributed by atoms with Gasteiger partial charge in [-0.2, -0.15) is 0 Å². The molecule has 0 atom stereocenters. The van der Waals surface area contributed by atoms with Crippen molar-refractivity contribution in [3.63, 3.8) is 0 Å². The molecule has 1 rings (SSSR count). The third-order valence-electron chi connectivity index (χ3n) is 1.72. The highest BCUT2D eigenvalue weighted by molar-refractivity contribution is 5.37. The predicted molar refractivity (Wildman–Crippen MR) is 71.4 cm³/mol. The Morgan fingerprint density at radius 3 is 2.71 bits per heavy atom. The van der Waals surface area contributed by atoms with Gasteiger partial charge in [-0.05, 0) is 36.9 Å². The van der Waals surface area contributed by atoms with Gasteiger partial charge in [-0.3, -0.25) is 0 Å². The lowest BCUT2D eigenvalue weighted by atomic mass is 10.1. The van der Waals surface area contributed by atoms with Gasteiger partial charge in [0, 0.05) is 23.9 Å². The first-order valence-electron chi connectivity index (χ1n) is 11.7. The van der Waals surface area contributed by atoms with Gasteiger partial charge < -0.3 is 10.2 Å². The van der Waals surface area contributed by atoms with E-state index in [1.54, 1.807) is 0 Å². The largest absolute Gasteiger partial charge is 0.508 e. The van der Waals surface area contributed by atoms with Gasteiger partial charge in [0.05, 0.1) is 1.37 Å². The Balaban J connectivity index is 3.40. The quantitative estimate of drug-likeness (QED) is 0.711. The van der Waals surface area contributed by atoms with Gasteiger partial charge in [0.15, 0.2) is 0 Å². The van der Waals surface area contributed by atoms with Crippen molar-refractivity contribution in [2.45, 2.75) is 45.1 Å². The van der Waals surface area contributed by atoms with Crippen molar-refractivity contribution in [1.29, 1.82) is 0 Å². The maximum absolute atomic E-state index is 9.45. The molecule has 0 aliphatic carbocycles. The summed E-state index contributed by atoms with van der Waals surface area (Å²) < 4.78 is 108. The summed E-state index contributed by atoms with van der Waals surface area (Å²) in [5.74, 6) is -0.658. The van der Waals surface area contributed by atoms with Crippen LogP contribution in [0.3, 0.4) is 0 Å². The number of phenols is 2. The van der Waals surface area contributed by atoms with E-state index < -0.39 is 44.8 Å². The van der Waals surface area contributed by atoms with Crippen LogP contribution in [0.2, 0.25) is 0 Å². The molecule has 2 N–H and O–H groups in total. The average Bonchev–Trinajstić information content (AvgIpc) is 2.56. The predicted octanol–water partition coefficient (Wildman–Crippen LogP) is 4.17. The van der Waals surface area contributed by atoms with Crippen LogP contribution < -0.4 is 0 Å². The topological polar surface area (TPSA) is 40.5 Å². The maximum Gasteiger partial charge on any atom is 0.119 e. The van der Waals surface area contributed by atoms with Crippen LogP contribution in [0, 0.1) is 0 Å². The summed E-state index contributed by atoms with van der Waals surface area (Å²) in [7, 11) is 0. The average molecular weight is 248 g/mol. The molecule has 0 aromatic heterocycles. The van der Waals surface area contributed by atoms with Gasteiger partial charge in [0.2, 0.25) is 0 Å². The first-order valence-corrected chi connectivity index (χ1v) is 4.73. The summed E-state index contributed by atoms with van der Waals surface area (Å²) in [4.78, 5) is 0. The van der Waals surface area contributed by atoms with E-state index >= 15 is 0 Å². The Hall–Kier alpha value is -1.44. The zero-order valence-electron chi connectivity index (χ0n) is 22.9. The number of allylic oxidation sites excluding steroid dienone is 2. The Morgan fingerprint density at radius 2 is 2.00 bits per heavy atom. The summed E-state index contributed by atoms with van der Waals surface area (Å²) in [6, 6.07) is 2.24. The molecule has 0 saturated heterocycles. The van der Waals surface area contributed by atoms with Crippen LogP contribution in [0.4, 0.5) is 0 Å². The molecular weight excluding hydrogens is 212 g/mol. The van der Waals surface area contributed by atoms with E-state index in [1.165, 1.54) is 12.1 Å². The third-order valence-corrected chi connectivity index (χ3v) is 1.72. The van der Waals surface area contributed by atoms with Crippen LogP contribution in [0.5, 0.6) is 11.5 Å². The fourth-order valence-electron chi connectivity index (χ4n) is 1.12. The zero-order valence-corrected chi connectivity index (χ0v) is 8.91. The van der Waals surface area contributed by atoms with Gasteiger partial charge >= 0.3 is 0 Å². The molecular formula is C15H22O2. The maximum atomic E-state index is 9.45. The Bertz CT molecular complexity index is 820. The standard InChI is InChI=1S/C15H22O2/c1-2-3-4-5-6-7-8-9-13-10-14(16)12-15(17)11-13/h7-8,10-12,16-17H,2-6,9H2,1H3/b8-7-/i1D3,2D2,3D2,4D2,5D2,6D2,7D. The molecule has 0 aliphatic rings. The molecule has 2 heteroatoms. The highest BCUT2D eigenvalue weighted by atomic mass is 16.3. The van der Waals surface area contributed by atoms with Crippen LogP contribution in [-0.4, -0.2) is 10.2 Å². The van der Waals surface area contributed by atoms with Crippen molar-refractivity contribution in [1.82, 2.24) is 0 Å². The van der Waals surface area contributed by atoms with Gasteiger partial charge in [-0.1, -0.05) is 38.1 Å². The normalized spacial score (nSPS) is 28.8. The van der Waals surface area contributed by atoms with E-state index in [0.717, 1.165) is 12.1 Å². The summed E-state index contributed by atoms with van der Waals surface area (Å²) in [5, 5.41) is 18.9. The highest BCUT2D eigenvalue weighted by Crippen LogP contribution is 2.20. The number of hydrogen-bond acceptors (Lipinski definition) is 2. The summed E-state index contributed by atoms with van der Waals surface area (Å²) in [6.07, 6.45) is -18.8. The lowest BCUT2D eigenvalue weighted by Gasteiger charge is -2.00. The van der Waals surface area contributed by atoms with E-state index in [9.17, 15) is 10.2 Å². The fourth-order valence-corrected chi connectivity index (χ4v) is 1.12. The first kappa shape index (κ1) is 3.78. The molecule has 0 bridgehead atoms. The Morgan fingerprint density at radius 1 is 1.24 bits per heavy atom. The number of rotatable bonds is 7. The van der Waals surface area contributed by atoms with Crippen molar-refractivity contribution in [3.05, 3.63) is 35.9 Å². The molecule has 0 amide bonds. The second kappa shape index (κ2) is 7.77. The smallest absolute Gasteiger partial charge is 0.119 e. The lowest BCUT2D eigenvalue weighted by Crippen LogP contribution is -1.81. The molecule has 0 heterocycles. The van der Waals surface area contributed by atoms with Crippen molar-refractivity contribution >= 4 is 0 Å². The van der Waals surface area contributed by atoms with Gasteiger partial charge in [-0.25, -0.2) is 0 Å². The molecule has 0 fully saturated rings. The molecule has 1 aromatic rings. The van der Waals surface area contributed by atoms with Crippen LogP contribution in [-0.2, 0) is 6.42 Å². The molecule has 0 unspecified atom stereocenters. The minimum Gasteiger partial charge on any atom is -0.508 e. The zero-order chi connectivity index (χ0) is 24.8. The second-order valence-electron chi connectivity index (χ2n) is 3.04. The monoisotopic (exact) mass is 248 g/mol. The van der Waals surface area contributed by atoms with Crippen LogP contribution in [0.1, 0.15) is 63.5 Å². The minimum atomic E-state index is -4.04. The molecule has 1 aromatic carbocycles. The van der Waals surface area contributed by atoms with Crippen LogP contribution in [0.15, 0.2) is 30.3 Å². The summed E-state index contributed by atoms with van der Waals surface area (Å²) >= 11 is 0. The molecule has 94 valence electrons. The first-order chi connectivity index (χ1) is 13.5. The summed E-state index contributed by atoms with van der Waals surface area (Å²) in [6.45, 7) is -3.69. The van der Waals surface area contributed by atoms with Gasteiger partial charge in [0.25, 0.3) is 0 Å². The Labute approximate surface area is 123 Å². The van der Waals surface area contributed by atoms with E-state index in [2.05, 4.69) is 0 Å². The molecule has 17 heavy (non-hydrogen) atoms. The number of aromatic hydroxyl groups is 2. The third kappa shape index (κ3) is 6.00. The minimum absolute atomic E-state index is 0.204. The van der Waals surface area contributed by atoms with Crippen molar-refractivity contribution in [2.24, 2.45) is 0 Å². The number of hydrogen-bond donors (Lipinski definition) is 2. The highest BCUT2D eigenvalue weighted by Gasteiger charge is 1.96. The van der Waals surface area contributed by atoms with Gasteiger partial charge in [-0.15, -0.1) is 0 Å².